The number of nitrogens with two attached hydrogens (primary N) is 1. The monoisotopic (exact) mass is 335 g/mol. The number of furan rings is 1. The number of benzene rings is 1. The molecule has 3 aromatic rings. The molecule has 2 aromatic heterocycles. The topological polar surface area (TPSA) is 81.1 Å². The highest BCUT2D eigenvalue weighted by atomic mass is 16.3. The fraction of sp³-hybridized carbons (Fsp3) is 0.300. The maximum Gasteiger partial charge on any atom is 0.252 e. The zero-order chi connectivity index (χ0) is 17.2. The first kappa shape index (κ1) is 15.8. The molecule has 1 amide bonds. The van der Waals surface area contributed by atoms with Gasteiger partial charge in [0.1, 0.15) is 5.69 Å². The highest BCUT2D eigenvalue weighted by Gasteiger charge is 2.28. The number of amides is 1. The second-order valence-corrected chi connectivity index (χ2v) is 6.56. The van der Waals surface area contributed by atoms with Crippen molar-refractivity contribution in [2.24, 2.45) is 11.7 Å². The minimum absolute atomic E-state index is 0.0724. The van der Waals surface area contributed by atoms with Crippen LogP contribution in [0.1, 0.15) is 29.6 Å². The SMILES string of the molecule is NCC1CCCC1NC(=O)c1cc(-c2ccco2)nc2ccccc12. The molecule has 5 nitrogen and oxygen atoms in total. The molecular formula is C20H21N3O2. The Bertz CT molecular complexity index is 889. The van der Waals surface area contributed by atoms with E-state index in [-0.39, 0.29) is 11.9 Å². The summed E-state index contributed by atoms with van der Waals surface area (Å²) in [6, 6.07) is 13.3. The van der Waals surface area contributed by atoms with Gasteiger partial charge in [0.05, 0.1) is 17.3 Å². The second-order valence-electron chi connectivity index (χ2n) is 6.56. The maximum absolute atomic E-state index is 13.0. The molecule has 128 valence electrons. The van der Waals surface area contributed by atoms with Crippen molar-refractivity contribution in [3.63, 3.8) is 0 Å². The van der Waals surface area contributed by atoms with E-state index in [2.05, 4.69) is 10.3 Å². The normalized spacial score (nSPS) is 20.0. The molecule has 0 bridgehead atoms. The predicted octanol–water partition coefficient (Wildman–Crippen LogP) is 3.35. The van der Waals surface area contributed by atoms with Crippen molar-refractivity contribution < 1.29 is 9.21 Å². The summed E-state index contributed by atoms with van der Waals surface area (Å²) in [4.78, 5) is 17.6. The largest absolute Gasteiger partial charge is 0.463 e. The Kier molecular flexibility index (Phi) is 4.24. The Morgan fingerprint density at radius 2 is 2.12 bits per heavy atom. The lowest BCUT2D eigenvalue weighted by Gasteiger charge is -2.20. The summed E-state index contributed by atoms with van der Waals surface area (Å²) >= 11 is 0. The molecule has 3 N–H and O–H groups in total. The zero-order valence-corrected chi connectivity index (χ0v) is 13.9. The summed E-state index contributed by atoms with van der Waals surface area (Å²) in [5.74, 6) is 0.943. The highest BCUT2D eigenvalue weighted by Crippen LogP contribution is 2.27. The number of para-hydroxylation sites is 1. The van der Waals surface area contributed by atoms with Crippen LogP contribution in [0.3, 0.4) is 0 Å². The Labute approximate surface area is 146 Å². The van der Waals surface area contributed by atoms with Gasteiger partial charge in [-0.1, -0.05) is 24.6 Å². The smallest absolute Gasteiger partial charge is 0.252 e. The van der Waals surface area contributed by atoms with E-state index in [0.29, 0.717) is 29.5 Å². The minimum Gasteiger partial charge on any atom is -0.463 e. The van der Waals surface area contributed by atoms with E-state index in [1.807, 2.05) is 42.5 Å². The number of carbonyl (C=O) groups is 1. The third kappa shape index (κ3) is 3.03. The number of nitrogens with one attached hydrogen (secondary N) is 1. The third-order valence-electron chi connectivity index (χ3n) is 5.01. The van der Waals surface area contributed by atoms with Gasteiger partial charge in [-0.25, -0.2) is 4.98 Å². The lowest BCUT2D eigenvalue weighted by Crippen LogP contribution is -2.40. The number of rotatable bonds is 4. The van der Waals surface area contributed by atoms with Crippen molar-refractivity contribution in [1.29, 1.82) is 0 Å². The van der Waals surface area contributed by atoms with Gasteiger partial charge in [0.15, 0.2) is 5.76 Å². The molecule has 4 rings (SSSR count). The van der Waals surface area contributed by atoms with Crippen LogP contribution < -0.4 is 11.1 Å². The Hall–Kier alpha value is -2.66. The van der Waals surface area contributed by atoms with Crippen LogP contribution in [-0.4, -0.2) is 23.5 Å². The maximum atomic E-state index is 13.0. The van der Waals surface area contributed by atoms with Gasteiger partial charge in [-0.2, -0.15) is 0 Å². The number of fused-ring (bicyclic) bond motifs is 1. The molecule has 0 aliphatic heterocycles. The van der Waals surface area contributed by atoms with Gasteiger partial charge in [-0.15, -0.1) is 0 Å². The van der Waals surface area contributed by atoms with E-state index >= 15 is 0 Å². The Balaban J connectivity index is 1.73. The number of nitrogens with zero attached hydrogens (tertiary/aromatic N) is 1. The number of pyridine rings is 1. The van der Waals surface area contributed by atoms with Crippen molar-refractivity contribution in [3.8, 4) is 11.5 Å². The summed E-state index contributed by atoms with van der Waals surface area (Å²) in [5, 5.41) is 4.03. The van der Waals surface area contributed by atoms with Crippen molar-refractivity contribution in [2.75, 3.05) is 6.54 Å². The van der Waals surface area contributed by atoms with Gasteiger partial charge in [-0.3, -0.25) is 4.79 Å². The number of carbonyl (C=O) groups excluding carboxylic acids is 1. The average Bonchev–Trinajstić information content (AvgIpc) is 3.32. The van der Waals surface area contributed by atoms with Crippen molar-refractivity contribution in [1.82, 2.24) is 10.3 Å². The van der Waals surface area contributed by atoms with Crippen LogP contribution in [0, 0.1) is 5.92 Å². The van der Waals surface area contributed by atoms with Crippen LogP contribution in [0.2, 0.25) is 0 Å². The number of hydrogen-bond donors (Lipinski definition) is 2. The van der Waals surface area contributed by atoms with Gasteiger partial charge in [-0.05, 0) is 49.6 Å². The second kappa shape index (κ2) is 6.69. The van der Waals surface area contributed by atoms with E-state index < -0.39 is 0 Å². The van der Waals surface area contributed by atoms with E-state index in [0.717, 1.165) is 30.2 Å². The molecule has 1 aliphatic carbocycles. The third-order valence-corrected chi connectivity index (χ3v) is 5.01. The predicted molar refractivity (Wildman–Crippen MR) is 97.1 cm³/mol. The first-order valence-electron chi connectivity index (χ1n) is 8.71. The Morgan fingerprint density at radius 3 is 2.92 bits per heavy atom. The molecule has 2 atom stereocenters. The van der Waals surface area contributed by atoms with Gasteiger partial charge in [0, 0.05) is 11.4 Å². The number of hydrogen-bond acceptors (Lipinski definition) is 4. The first-order chi connectivity index (χ1) is 12.3. The van der Waals surface area contributed by atoms with Crippen LogP contribution in [0.15, 0.2) is 53.1 Å². The van der Waals surface area contributed by atoms with E-state index in [9.17, 15) is 4.79 Å². The minimum atomic E-state index is -0.0724. The molecule has 1 fully saturated rings. The summed E-state index contributed by atoms with van der Waals surface area (Å²) in [7, 11) is 0. The summed E-state index contributed by atoms with van der Waals surface area (Å²) in [6.07, 6.45) is 4.79. The first-order valence-corrected chi connectivity index (χ1v) is 8.71. The van der Waals surface area contributed by atoms with Crippen molar-refractivity contribution >= 4 is 16.8 Å². The van der Waals surface area contributed by atoms with Crippen LogP contribution in [0.5, 0.6) is 0 Å². The van der Waals surface area contributed by atoms with Gasteiger partial charge < -0.3 is 15.5 Å². The molecule has 25 heavy (non-hydrogen) atoms. The summed E-state index contributed by atoms with van der Waals surface area (Å²) < 4.78 is 5.46. The molecule has 5 heteroatoms. The summed E-state index contributed by atoms with van der Waals surface area (Å²) in [5.41, 5.74) is 7.91. The van der Waals surface area contributed by atoms with E-state index in [1.54, 1.807) is 6.26 Å². The lowest BCUT2D eigenvalue weighted by molar-refractivity contribution is 0.0930. The number of aromatic nitrogens is 1. The molecule has 2 unspecified atom stereocenters. The van der Waals surface area contributed by atoms with Crippen molar-refractivity contribution in [2.45, 2.75) is 25.3 Å². The van der Waals surface area contributed by atoms with Gasteiger partial charge in [0.2, 0.25) is 0 Å². The molecule has 2 heterocycles. The van der Waals surface area contributed by atoms with Gasteiger partial charge in [0.25, 0.3) is 5.91 Å². The van der Waals surface area contributed by atoms with Crippen LogP contribution in [0.4, 0.5) is 0 Å². The molecular weight excluding hydrogens is 314 g/mol. The average molecular weight is 335 g/mol. The fourth-order valence-corrected chi connectivity index (χ4v) is 3.67. The van der Waals surface area contributed by atoms with E-state index in [1.165, 1.54) is 0 Å². The highest BCUT2D eigenvalue weighted by molar-refractivity contribution is 6.07. The van der Waals surface area contributed by atoms with Gasteiger partial charge >= 0.3 is 0 Å². The molecule has 0 spiro atoms. The standard InChI is InChI=1S/C20H21N3O2/c21-12-13-5-3-8-16(13)23-20(24)15-11-18(19-9-4-10-25-19)22-17-7-2-1-6-14(15)17/h1-2,4,6-7,9-11,13,16H,3,5,8,12,21H2,(H,23,24). The molecule has 1 aromatic carbocycles. The Morgan fingerprint density at radius 1 is 1.24 bits per heavy atom. The quantitative estimate of drug-likeness (QED) is 0.766. The van der Waals surface area contributed by atoms with Crippen LogP contribution >= 0.6 is 0 Å². The zero-order valence-electron chi connectivity index (χ0n) is 13.9. The molecule has 0 radical (unpaired) electrons. The lowest BCUT2D eigenvalue weighted by atomic mass is 10.0. The summed E-state index contributed by atoms with van der Waals surface area (Å²) in [6.45, 7) is 0.611. The van der Waals surface area contributed by atoms with E-state index in [4.69, 9.17) is 10.2 Å². The molecule has 0 saturated heterocycles. The van der Waals surface area contributed by atoms with Crippen LogP contribution in [0.25, 0.3) is 22.4 Å². The van der Waals surface area contributed by atoms with Crippen molar-refractivity contribution in [3.05, 3.63) is 54.3 Å². The fourth-order valence-electron chi connectivity index (χ4n) is 3.67. The molecule has 1 aliphatic rings. The molecule has 1 saturated carbocycles. The van der Waals surface area contributed by atoms with Crippen LogP contribution in [-0.2, 0) is 0 Å².